The number of oxazole rings is 1. The fourth-order valence-corrected chi connectivity index (χ4v) is 5.79. The second-order valence-corrected chi connectivity index (χ2v) is 14.8. The van der Waals surface area contributed by atoms with Crippen molar-refractivity contribution < 1.29 is 27.0 Å². The van der Waals surface area contributed by atoms with Crippen molar-refractivity contribution in [1.29, 1.82) is 0 Å². The van der Waals surface area contributed by atoms with Crippen LogP contribution in [-0.4, -0.2) is 35.4 Å². The molecule has 0 saturated carbocycles. The number of allylic oxidation sites excluding steroid dienone is 1. The number of halogens is 1. The Bertz CT molecular complexity index is 2040. The molecule has 1 aromatic heterocycles. The highest BCUT2D eigenvalue weighted by atomic mass is 35.5. The van der Waals surface area contributed by atoms with Gasteiger partial charge in [-0.15, -0.1) is 0 Å². The molecule has 5 aromatic rings. The minimum Gasteiger partial charge on any atom is -0.436 e. The van der Waals surface area contributed by atoms with Gasteiger partial charge < -0.3 is 9.73 Å². The molecule has 2 N–H and O–H groups in total. The van der Waals surface area contributed by atoms with Gasteiger partial charge in [-0.2, -0.15) is 8.42 Å². The molecule has 1 heterocycles. The first-order valence-electron chi connectivity index (χ1n) is 15.6. The number of amides is 1. The molecule has 1 unspecified atom stereocenters. The Morgan fingerprint density at radius 1 is 0.958 bits per heavy atom. The standard InChI is InChI=1S/C38H37ClN2O6S/c1-38(2,3)21-20-25-6-10-27(11-7-25)32(23-26-8-12-28(13-9-26)34(42)5-4-22-48(44,45)46)36(43)40-31-17-14-29(15-18-31)37-41-33-24-30(39)16-19-35(33)47-37/h6-21,24,32H,4-5,22-23H2,1-3H3,(H,40,43)(H,44,45,46)/b21-20+. The molecule has 5 rings (SSSR count). The van der Waals surface area contributed by atoms with Crippen LogP contribution in [0.3, 0.4) is 0 Å². The molecular formula is C38H37ClN2O6S. The summed E-state index contributed by atoms with van der Waals surface area (Å²) in [5, 5.41) is 3.63. The minimum atomic E-state index is -4.12. The Morgan fingerprint density at radius 3 is 2.29 bits per heavy atom. The first-order valence-corrected chi connectivity index (χ1v) is 17.5. The lowest BCUT2D eigenvalue weighted by Gasteiger charge is -2.18. The predicted octanol–water partition coefficient (Wildman–Crippen LogP) is 9.02. The SMILES string of the molecule is CC(C)(C)/C=C/c1ccc(C(Cc2ccc(C(=O)CCCS(=O)(=O)O)cc2)C(=O)Nc2ccc(-c3nc4cc(Cl)ccc4o3)cc2)cc1. The predicted molar refractivity (Wildman–Crippen MR) is 191 cm³/mol. The average molecular weight is 685 g/mol. The number of nitrogens with zero attached hydrogens (tertiary/aromatic N) is 1. The number of carbonyl (C=O) groups excluding carboxylic acids is 2. The molecule has 0 radical (unpaired) electrons. The molecule has 0 aliphatic heterocycles. The molecule has 1 atom stereocenters. The van der Waals surface area contributed by atoms with Crippen LogP contribution < -0.4 is 5.32 Å². The number of fused-ring (bicyclic) bond motifs is 1. The van der Waals surface area contributed by atoms with Gasteiger partial charge in [0.2, 0.25) is 11.8 Å². The van der Waals surface area contributed by atoms with E-state index < -0.39 is 21.8 Å². The maximum Gasteiger partial charge on any atom is 0.264 e. The van der Waals surface area contributed by atoms with Gasteiger partial charge in [-0.25, -0.2) is 4.98 Å². The highest BCUT2D eigenvalue weighted by Gasteiger charge is 2.22. The zero-order valence-corrected chi connectivity index (χ0v) is 28.5. The quantitative estimate of drug-likeness (QED) is 0.0992. The summed E-state index contributed by atoms with van der Waals surface area (Å²) < 4.78 is 36.8. The maximum absolute atomic E-state index is 13.8. The molecule has 0 aliphatic rings. The Morgan fingerprint density at radius 2 is 1.65 bits per heavy atom. The Kier molecular flexibility index (Phi) is 10.6. The lowest BCUT2D eigenvalue weighted by atomic mass is 9.89. The van der Waals surface area contributed by atoms with Crippen molar-refractivity contribution in [3.8, 4) is 11.5 Å². The number of aromatic nitrogens is 1. The monoisotopic (exact) mass is 684 g/mol. The summed E-state index contributed by atoms with van der Waals surface area (Å²) in [4.78, 5) is 30.9. The minimum absolute atomic E-state index is 0.000275. The zero-order chi connectivity index (χ0) is 34.5. The van der Waals surface area contributed by atoms with E-state index in [1.807, 2.05) is 36.4 Å². The Labute approximate surface area is 285 Å². The van der Waals surface area contributed by atoms with E-state index in [2.05, 4.69) is 43.2 Å². The van der Waals surface area contributed by atoms with Crippen molar-refractivity contribution in [2.75, 3.05) is 11.1 Å². The van der Waals surface area contributed by atoms with E-state index in [1.165, 1.54) is 0 Å². The van der Waals surface area contributed by atoms with E-state index in [1.54, 1.807) is 54.6 Å². The number of nitrogens with one attached hydrogen (secondary N) is 1. The molecule has 10 heteroatoms. The van der Waals surface area contributed by atoms with Crippen LogP contribution in [0, 0.1) is 5.41 Å². The molecule has 0 fully saturated rings. The van der Waals surface area contributed by atoms with Gasteiger partial charge in [0.25, 0.3) is 10.1 Å². The fourth-order valence-electron chi connectivity index (χ4n) is 5.12. The van der Waals surface area contributed by atoms with E-state index in [4.69, 9.17) is 20.6 Å². The first-order chi connectivity index (χ1) is 22.7. The largest absolute Gasteiger partial charge is 0.436 e. The zero-order valence-electron chi connectivity index (χ0n) is 26.9. The molecule has 0 saturated heterocycles. The third kappa shape index (κ3) is 9.73. The van der Waals surface area contributed by atoms with Crippen molar-refractivity contribution in [2.45, 2.75) is 46.0 Å². The number of carbonyl (C=O) groups is 2. The van der Waals surface area contributed by atoms with Crippen molar-refractivity contribution in [3.05, 3.63) is 124 Å². The number of anilines is 1. The summed E-state index contributed by atoms with van der Waals surface area (Å²) in [6, 6.07) is 27.4. The summed E-state index contributed by atoms with van der Waals surface area (Å²) >= 11 is 6.09. The van der Waals surface area contributed by atoms with E-state index >= 15 is 0 Å². The maximum atomic E-state index is 13.8. The smallest absolute Gasteiger partial charge is 0.264 e. The second kappa shape index (κ2) is 14.7. The van der Waals surface area contributed by atoms with Crippen LogP contribution in [0.5, 0.6) is 0 Å². The molecule has 248 valence electrons. The summed E-state index contributed by atoms with van der Waals surface area (Å²) in [5.74, 6) is -0.966. The number of ketones is 1. The van der Waals surface area contributed by atoms with Gasteiger partial charge in [-0.3, -0.25) is 14.1 Å². The Balaban J connectivity index is 1.33. The number of Topliss-reactive ketones (excluding diaryl/α,β-unsaturated/α-hetero) is 1. The second-order valence-electron chi connectivity index (χ2n) is 12.8. The third-order valence-corrected chi connectivity index (χ3v) is 8.74. The van der Waals surface area contributed by atoms with E-state index in [0.29, 0.717) is 39.7 Å². The van der Waals surface area contributed by atoms with Crippen LogP contribution in [0.15, 0.2) is 101 Å². The van der Waals surface area contributed by atoms with Crippen LogP contribution in [0.25, 0.3) is 28.6 Å². The van der Waals surface area contributed by atoms with Gasteiger partial charge in [0.15, 0.2) is 11.4 Å². The molecule has 0 spiro atoms. The topological polar surface area (TPSA) is 127 Å². The Hall–Kier alpha value is -4.57. The summed E-state index contributed by atoms with van der Waals surface area (Å²) in [7, 11) is -4.12. The van der Waals surface area contributed by atoms with E-state index in [-0.39, 0.29) is 29.9 Å². The van der Waals surface area contributed by atoms with Crippen LogP contribution in [0.4, 0.5) is 5.69 Å². The van der Waals surface area contributed by atoms with Crippen LogP contribution in [-0.2, 0) is 21.3 Å². The average Bonchev–Trinajstić information content (AvgIpc) is 3.46. The number of rotatable bonds is 12. The number of benzene rings is 4. The van der Waals surface area contributed by atoms with Gasteiger partial charge in [0, 0.05) is 28.3 Å². The summed E-state index contributed by atoms with van der Waals surface area (Å²) in [6.07, 6.45) is 4.62. The van der Waals surface area contributed by atoms with Crippen molar-refractivity contribution >= 4 is 56.3 Å². The van der Waals surface area contributed by atoms with E-state index in [0.717, 1.165) is 22.3 Å². The molecule has 4 aromatic carbocycles. The highest BCUT2D eigenvalue weighted by Crippen LogP contribution is 2.29. The normalized spacial score (nSPS) is 12.8. The van der Waals surface area contributed by atoms with Crippen LogP contribution in [0.1, 0.15) is 66.6 Å². The van der Waals surface area contributed by atoms with Crippen LogP contribution >= 0.6 is 11.6 Å². The summed E-state index contributed by atoms with van der Waals surface area (Å²) in [5.41, 5.74) is 5.85. The van der Waals surface area contributed by atoms with Crippen LogP contribution in [0.2, 0.25) is 5.02 Å². The highest BCUT2D eigenvalue weighted by molar-refractivity contribution is 7.85. The summed E-state index contributed by atoms with van der Waals surface area (Å²) in [6.45, 7) is 6.39. The molecule has 0 aliphatic carbocycles. The first kappa shape index (κ1) is 34.8. The number of hydrogen-bond acceptors (Lipinski definition) is 6. The molecule has 1 amide bonds. The van der Waals surface area contributed by atoms with Crippen molar-refractivity contribution in [2.24, 2.45) is 5.41 Å². The van der Waals surface area contributed by atoms with Gasteiger partial charge in [-0.1, -0.05) is 93.1 Å². The van der Waals surface area contributed by atoms with Crippen molar-refractivity contribution in [3.63, 3.8) is 0 Å². The number of hydrogen-bond donors (Lipinski definition) is 2. The van der Waals surface area contributed by atoms with E-state index in [9.17, 15) is 18.0 Å². The van der Waals surface area contributed by atoms with Gasteiger partial charge in [0.05, 0.1) is 11.7 Å². The lowest BCUT2D eigenvalue weighted by Crippen LogP contribution is -2.23. The molecule has 8 nitrogen and oxygen atoms in total. The molecular weight excluding hydrogens is 648 g/mol. The fraction of sp³-hybridized carbons (Fsp3) is 0.237. The lowest BCUT2D eigenvalue weighted by molar-refractivity contribution is -0.117. The molecule has 48 heavy (non-hydrogen) atoms. The van der Waals surface area contributed by atoms with Gasteiger partial charge >= 0.3 is 0 Å². The molecule has 0 bridgehead atoms. The van der Waals surface area contributed by atoms with Gasteiger partial charge in [0.1, 0.15) is 5.52 Å². The van der Waals surface area contributed by atoms with Gasteiger partial charge in [-0.05, 0) is 77.4 Å². The third-order valence-electron chi connectivity index (χ3n) is 7.70. The van der Waals surface area contributed by atoms with Crippen molar-refractivity contribution in [1.82, 2.24) is 4.98 Å².